The molecule has 0 radical (unpaired) electrons. The SMILES string of the molecule is Cc1cc(Oc2ccc([N+](=O)[O-])cc2)ccc1CBr. The van der Waals surface area contributed by atoms with E-state index in [4.69, 9.17) is 4.74 Å². The van der Waals surface area contributed by atoms with E-state index >= 15 is 0 Å². The van der Waals surface area contributed by atoms with Crippen molar-refractivity contribution in [2.75, 3.05) is 0 Å². The van der Waals surface area contributed by atoms with Gasteiger partial charge in [-0.15, -0.1) is 0 Å². The van der Waals surface area contributed by atoms with Crippen LogP contribution in [-0.4, -0.2) is 4.92 Å². The average molecular weight is 322 g/mol. The molecule has 2 aromatic rings. The predicted molar refractivity (Wildman–Crippen MR) is 77.0 cm³/mol. The lowest BCUT2D eigenvalue weighted by atomic mass is 10.1. The molecular weight excluding hydrogens is 310 g/mol. The van der Waals surface area contributed by atoms with Crippen LogP contribution in [0.2, 0.25) is 0 Å². The second-order valence-corrected chi connectivity index (χ2v) is 4.64. The van der Waals surface area contributed by atoms with Gasteiger partial charge in [0.25, 0.3) is 5.69 Å². The molecule has 0 saturated carbocycles. The first-order valence-corrected chi connectivity index (χ1v) is 6.80. The molecule has 0 amide bonds. The van der Waals surface area contributed by atoms with Gasteiger partial charge >= 0.3 is 0 Å². The molecule has 0 bridgehead atoms. The molecule has 0 aromatic heterocycles. The van der Waals surface area contributed by atoms with Gasteiger partial charge in [0.2, 0.25) is 0 Å². The van der Waals surface area contributed by atoms with Gasteiger partial charge in [0.05, 0.1) is 4.92 Å². The molecule has 0 saturated heterocycles. The lowest BCUT2D eigenvalue weighted by Gasteiger charge is -2.08. The molecule has 0 fully saturated rings. The molecule has 0 spiro atoms. The number of benzene rings is 2. The molecule has 0 aliphatic carbocycles. The fourth-order valence-corrected chi connectivity index (χ4v) is 2.28. The minimum Gasteiger partial charge on any atom is -0.457 e. The van der Waals surface area contributed by atoms with Crippen LogP contribution >= 0.6 is 15.9 Å². The molecule has 0 aliphatic heterocycles. The summed E-state index contributed by atoms with van der Waals surface area (Å²) in [4.78, 5) is 10.1. The second kappa shape index (κ2) is 5.84. The number of rotatable bonds is 4. The van der Waals surface area contributed by atoms with Crippen molar-refractivity contribution in [3.05, 3.63) is 63.7 Å². The average Bonchev–Trinajstić information content (AvgIpc) is 2.39. The highest BCUT2D eigenvalue weighted by atomic mass is 79.9. The number of hydrogen-bond acceptors (Lipinski definition) is 3. The molecule has 0 atom stereocenters. The van der Waals surface area contributed by atoms with Crippen LogP contribution in [0.4, 0.5) is 5.69 Å². The van der Waals surface area contributed by atoms with Gasteiger partial charge in [-0.25, -0.2) is 0 Å². The molecule has 2 aromatic carbocycles. The molecule has 0 N–H and O–H groups in total. The van der Waals surface area contributed by atoms with Crippen molar-refractivity contribution >= 4 is 21.6 Å². The summed E-state index contributed by atoms with van der Waals surface area (Å²) < 4.78 is 5.66. The molecule has 0 heterocycles. The first-order valence-electron chi connectivity index (χ1n) is 5.68. The first kappa shape index (κ1) is 13.5. The Labute approximate surface area is 119 Å². The molecule has 0 unspecified atom stereocenters. The fraction of sp³-hybridized carbons (Fsp3) is 0.143. The van der Waals surface area contributed by atoms with E-state index in [0.29, 0.717) is 5.75 Å². The highest BCUT2D eigenvalue weighted by Crippen LogP contribution is 2.26. The Morgan fingerprint density at radius 2 is 1.79 bits per heavy atom. The van der Waals surface area contributed by atoms with Crippen molar-refractivity contribution in [3.63, 3.8) is 0 Å². The number of halogens is 1. The van der Waals surface area contributed by atoms with E-state index in [1.807, 2.05) is 25.1 Å². The van der Waals surface area contributed by atoms with Gasteiger partial charge in [-0.2, -0.15) is 0 Å². The Kier molecular flexibility index (Phi) is 4.16. The van der Waals surface area contributed by atoms with Crippen LogP contribution < -0.4 is 4.74 Å². The third kappa shape index (κ3) is 3.32. The number of ether oxygens (including phenoxy) is 1. The number of nitro groups is 1. The zero-order valence-electron chi connectivity index (χ0n) is 10.3. The largest absolute Gasteiger partial charge is 0.457 e. The summed E-state index contributed by atoms with van der Waals surface area (Å²) in [7, 11) is 0. The van der Waals surface area contributed by atoms with Crippen LogP contribution in [0.15, 0.2) is 42.5 Å². The van der Waals surface area contributed by atoms with E-state index in [1.165, 1.54) is 17.7 Å². The zero-order chi connectivity index (χ0) is 13.8. The summed E-state index contributed by atoms with van der Waals surface area (Å²) >= 11 is 3.42. The second-order valence-electron chi connectivity index (χ2n) is 4.07. The van der Waals surface area contributed by atoms with Crippen molar-refractivity contribution in [3.8, 4) is 11.5 Å². The zero-order valence-corrected chi connectivity index (χ0v) is 11.9. The fourth-order valence-electron chi connectivity index (χ4n) is 1.65. The maximum absolute atomic E-state index is 10.5. The van der Waals surface area contributed by atoms with Gasteiger partial charge in [0.15, 0.2) is 0 Å². The Hall–Kier alpha value is -1.88. The van der Waals surface area contributed by atoms with E-state index < -0.39 is 4.92 Å². The van der Waals surface area contributed by atoms with Crippen LogP contribution in [0, 0.1) is 17.0 Å². The number of alkyl halides is 1. The first-order chi connectivity index (χ1) is 9.10. The lowest BCUT2D eigenvalue weighted by Crippen LogP contribution is -1.90. The maximum Gasteiger partial charge on any atom is 0.269 e. The van der Waals surface area contributed by atoms with Crippen molar-refractivity contribution in [2.24, 2.45) is 0 Å². The molecule has 0 aliphatic rings. The smallest absolute Gasteiger partial charge is 0.269 e. The van der Waals surface area contributed by atoms with Crippen LogP contribution in [0.1, 0.15) is 11.1 Å². The summed E-state index contributed by atoms with van der Waals surface area (Å²) in [6.45, 7) is 2.01. The molecular formula is C14H12BrNO3. The normalized spacial score (nSPS) is 10.2. The Morgan fingerprint density at radius 3 is 2.32 bits per heavy atom. The minimum absolute atomic E-state index is 0.0539. The molecule has 19 heavy (non-hydrogen) atoms. The Bertz CT molecular complexity index is 596. The number of nitro benzene ring substituents is 1. The van der Waals surface area contributed by atoms with Crippen LogP contribution in [0.3, 0.4) is 0 Å². The Morgan fingerprint density at radius 1 is 1.16 bits per heavy atom. The highest BCUT2D eigenvalue weighted by molar-refractivity contribution is 9.08. The number of nitrogens with zero attached hydrogens (tertiary/aromatic N) is 1. The summed E-state index contributed by atoms with van der Waals surface area (Å²) in [6, 6.07) is 11.8. The third-order valence-corrected chi connectivity index (χ3v) is 3.35. The summed E-state index contributed by atoms with van der Waals surface area (Å²) in [6.07, 6.45) is 0. The monoisotopic (exact) mass is 321 g/mol. The van der Waals surface area contributed by atoms with Gasteiger partial charge in [-0.3, -0.25) is 10.1 Å². The maximum atomic E-state index is 10.5. The number of non-ortho nitro benzene ring substituents is 1. The van der Waals surface area contributed by atoms with Crippen molar-refractivity contribution < 1.29 is 9.66 Å². The summed E-state index contributed by atoms with van der Waals surface area (Å²) in [5, 5.41) is 11.3. The molecule has 2 rings (SSSR count). The molecule has 5 heteroatoms. The molecule has 4 nitrogen and oxygen atoms in total. The van der Waals surface area contributed by atoms with Crippen LogP contribution in [-0.2, 0) is 5.33 Å². The topological polar surface area (TPSA) is 52.4 Å². The number of aryl methyl sites for hydroxylation is 1. The quantitative estimate of drug-likeness (QED) is 0.470. The van der Waals surface area contributed by atoms with Crippen LogP contribution in [0.5, 0.6) is 11.5 Å². The molecule has 98 valence electrons. The minimum atomic E-state index is -0.432. The number of hydrogen-bond donors (Lipinski definition) is 0. The van der Waals surface area contributed by atoms with Gasteiger partial charge in [0.1, 0.15) is 11.5 Å². The van der Waals surface area contributed by atoms with Crippen molar-refractivity contribution in [2.45, 2.75) is 12.3 Å². The van der Waals surface area contributed by atoms with E-state index in [-0.39, 0.29) is 5.69 Å². The summed E-state index contributed by atoms with van der Waals surface area (Å²) in [5.74, 6) is 1.30. The standard InChI is InChI=1S/C14H12BrNO3/c1-10-8-14(5-2-11(10)9-15)19-13-6-3-12(4-7-13)16(17)18/h2-8H,9H2,1H3. The van der Waals surface area contributed by atoms with Crippen molar-refractivity contribution in [1.29, 1.82) is 0 Å². The van der Waals surface area contributed by atoms with Gasteiger partial charge in [-0.05, 0) is 42.3 Å². The van der Waals surface area contributed by atoms with E-state index in [1.54, 1.807) is 12.1 Å². The van der Waals surface area contributed by atoms with Crippen molar-refractivity contribution in [1.82, 2.24) is 0 Å². The Balaban J connectivity index is 2.16. The van der Waals surface area contributed by atoms with Gasteiger partial charge in [-0.1, -0.05) is 22.0 Å². The lowest BCUT2D eigenvalue weighted by molar-refractivity contribution is -0.384. The van der Waals surface area contributed by atoms with E-state index in [2.05, 4.69) is 15.9 Å². The summed E-state index contributed by atoms with van der Waals surface area (Å²) in [5.41, 5.74) is 2.39. The van der Waals surface area contributed by atoms with Gasteiger partial charge in [0, 0.05) is 17.5 Å². The predicted octanol–water partition coefficient (Wildman–Crippen LogP) is 4.59. The van der Waals surface area contributed by atoms with Gasteiger partial charge < -0.3 is 4.74 Å². The highest BCUT2D eigenvalue weighted by Gasteiger charge is 2.05. The van der Waals surface area contributed by atoms with Crippen LogP contribution in [0.25, 0.3) is 0 Å². The van der Waals surface area contributed by atoms with E-state index in [9.17, 15) is 10.1 Å². The third-order valence-electron chi connectivity index (χ3n) is 2.74. The van der Waals surface area contributed by atoms with E-state index in [0.717, 1.165) is 16.6 Å².